The molecule has 1 aromatic carbocycles. The highest BCUT2D eigenvalue weighted by Gasteiger charge is 2.43. The second-order valence-corrected chi connectivity index (χ2v) is 8.61. The van der Waals surface area contributed by atoms with E-state index in [1.165, 1.54) is 5.56 Å². The molecule has 0 saturated carbocycles. The first-order valence-corrected chi connectivity index (χ1v) is 9.55. The molecule has 5 rings (SSSR count). The van der Waals surface area contributed by atoms with E-state index < -0.39 is 0 Å². The monoisotopic (exact) mass is 374 g/mol. The summed E-state index contributed by atoms with van der Waals surface area (Å²) in [4.78, 5) is 22.4. The Morgan fingerprint density at radius 1 is 1.14 bits per heavy atom. The molecule has 0 amide bonds. The molecule has 3 aromatic rings. The van der Waals surface area contributed by atoms with Crippen LogP contribution in [0.1, 0.15) is 55.1 Å². The molecule has 0 N–H and O–H groups in total. The van der Waals surface area contributed by atoms with Crippen molar-refractivity contribution in [2.24, 2.45) is 5.41 Å². The topological polar surface area (TPSA) is 69.4 Å². The van der Waals surface area contributed by atoms with E-state index in [9.17, 15) is 4.79 Å². The molecule has 3 heterocycles. The van der Waals surface area contributed by atoms with Crippen molar-refractivity contribution in [3.05, 3.63) is 64.4 Å². The Hall–Kier alpha value is -3.02. The number of hydrogen-bond donors (Lipinski definition) is 0. The minimum absolute atomic E-state index is 0.124. The van der Waals surface area contributed by atoms with Crippen molar-refractivity contribution >= 4 is 11.4 Å². The maximum Gasteiger partial charge on any atom is 0.228 e. The molecule has 6 heteroatoms. The van der Waals surface area contributed by atoms with Crippen molar-refractivity contribution < 1.29 is 9.53 Å². The van der Waals surface area contributed by atoms with Crippen LogP contribution in [0.5, 0.6) is 5.88 Å². The van der Waals surface area contributed by atoms with Crippen LogP contribution in [0.3, 0.4) is 0 Å². The van der Waals surface area contributed by atoms with Gasteiger partial charge < -0.3 is 4.74 Å². The lowest BCUT2D eigenvalue weighted by Crippen LogP contribution is -2.33. The normalized spacial score (nSPS) is 20.7. The average molecular weight is 374 g/mol. The predicted molar refractivity (Wildman–Crippen MR) is 104 cm³/mol. The van der Waals surface area contributed by atoms with Crippen molar-refractivity contribution in [1.82, 2.24) is 19.6 Å². The summed E-state index contributed by atoms with van der Waals surface area (Å²) in [5.41, 5.74) is 4.35. The number of aromatic nitrogens is 4. The fraction of sp³-hybridized carbons (Fsp3) is 0.364. The Labute approximate surface area is 163 Å². The minimum Gasteiger partial charge on any atom is -0.442 e. The van der Waals surface area contributed by atoms with E-state index >= 15 is 0 Å². The van der Waals surface area contributed by atoms with Crippen LogP contribution in [-0.4, -0.2) is 25.4 Å². The first-order chi connectivity index (χ1) is 13.3. The molecule has 142 valence electrons. The second kappa shape index (κ2) is 5.74. The number of benzene rings is 1. The molecule has 0 fully saturated rings. The third kappa shape index (κ3) is 2.55. The van der Waals surface area contributed by atoms with Crippen LogP contribution in [0.2, 0.25) is 0 Å². The molecule has 0 saturated heterocycles. The number of ketones is 1. The summed E-state index contributed by atoms with van der Waals surface area (Å²) in [6, 6.07) is 8.31. The Kier molecular flexibility index (Phi) is 3.50. The molecule has 0 bridgehead atoms. The van der Waals surface area contributed by atoms with Crippen LogP contribution in [-0.2, 0) is 4.79 Å². The van der Waals surface area contributed by atoms with Gasteiger partial charge in [-0.25, -0.2) is 14.5 Å². The third-order valence-corrected chi connectivity index (χ3v) is 5.58. The van der Waals surface area contributed by atoms with Gasteiger partial charge in [0.2, 0.25) is 5.88 Å². The highest BCUT2D eigenvalue weighted by atomic mass is 16.5. The van der Waals surface area contributed by atoms with Gasteiger partial charge in [-0.1, -0.05) is 43.7 Å². The van der Waals surface area contributed by atoms with Crippen LogP contribution in [0.25, 0.3) is 5.65 Å². The predicted octanol–water partition coefficient (Wildman–Crippen LogP) is 3.91. The van der Waals surface area contributed by atoms with E-state index in [4.69, 9.17) is 4.74 Å². The number of aryl methyl sites for hydroxylation is 2. The zero-order valence-electron chi connectivity index (χ0n) is 16.5. The molecule has 28 heavy (non-hydrogen) atoms. The molecule has 6 nitrogen and oxygen atoms in total. The fourth-order valence-corrected chi connectivity index (χ4v) is 4.34. The molecule has 0 spiro atoms. The zero-order chi connectivity index (χ0) is 19.6. The highest BCUT2D eigenvalue weighted by Crippen LogP contribution is 2.50. The highest BCUT2D eigenvalue weighted by molar-refractivity contribution is 6.00. The maximum absolute atomic E-state index is 13.2. The number of fused-ring (bicyclic) bond motifs is 3. The van der Waals surface area contributed by atoms with E-state index in [0.29, 0.717) is 30.2 Å². The SMILES string of the molecule is Cc1ccc([C@@H]2C3=C(CC(C)(C)CC3=O)Oc3ncn4nc(C)nc4c32)cc1. The second-order valence-electron chi connectivity index (χ2n) is 8.61. The number of carbonyl (C=O) groups excluding carboxylic acids is 1. The standard InChI is InChI=1S/C22H22N4O2/c1-12-5-7-14(8-6-12)17-18-15(27)9-22(3,4)10-16(18)28-21-19(17)20-24-13(2)25-26(20)11-23-21/h5-8,11,17H,9-10H2,1-4H3/t17-/m1/s1. The van der Waals surface area contributed by atoms with Crippen molar-refractivity contribution in [2.75, 3.05) is 0 Å². The van der Waals surface area contributed by atoms with Crippen molar-refractivity contribution in [1.29, 1.82) is 0 Å². The summed E-state index contributed by atoms with van der Waals surface area (Å²) >= 11 is 0. The van der Waals surface area contributed by atoms with E-state index in [1.54, 1.807) is 10.8 Å². The molecular weight excluding hydrogens is 352 g/mol. The number of nitrogens with zero attached hydrogens (tertiary/aromatic N) is 4. The summed E-state index contributed by atoms with van der Waals surface area (Å²) in [7, 11) is 0. The lowest BCUT2D eigenvalue weighted by Gasteiger charge is -2.37. The quantitative estimate of drug-likeness (QED) is 0.646. The molecule has 0 unspecified atom stereocenters. The van der Waals surface area contributed by atoms with E-state index in [2.05, 4.69) is 60.1 Å². The number of allylic oxidation sites excluding steroid dienone is 2. The largest absolute Gasteiger partial charge is 0.442 e. The van der Waals surface area contributed by atoms with Gasteiger partial charge >= 0.3 is 0 Å². The van der Waals surface area contributed by atoms with Crippen LogP contribution >= 0.6 is 0 Å². The zero-order valence-corrected chi connectivity index (χ0v) is 16.5. The summed E-state index contributed by atoms with van der Waals surface area (Å²) in [6.07, 6.45) is 2.85. The van der Waals surface area contributed by atoms with Crippen LogP contribution in [0.15, 0.2) is 41.9 Å². The number of carbonyl (C=O) groups is 1. The van der Waals surface area contributed by atoms with E-state index in [0.717, 1.165) is 22.5 Å². The number of ether oxygens (including phenoxy) is 1. The average Bonchev–Trinajstić information content (AvgIpc) is 3.00. The van der Waals surface area contributed by atoms with Crippen molar-refractivity contribution in [2.45, 2.75) is 46.5 Å². The molecule has 1 aliphatic heterocycles. The Bertz CT molecular complexity index is 1160. The van der Waals surface area contributed by atoms with Crippen molar-refractivity contribution in [3.8, 4) is 5.88 Å². The maximum atomic E-state index is 13.2. The summed E-state index contributed by atoms with van der Waals surface area (Å²) in [5, 5.41) is 4.40. The van der Waals surface area contributed by atoms with E-state index in [1.807, 2.05) is 6.92 Å². The van der Waals surface area contributed by atoms with Crippen LogP contribution in [0.4, 0.5) is 0 Å². The molecule has 2 aromatic heterocycles. The van der Waals surface area contributed by atoms with Crippen LogP contribution < -0.4 is 4.74 Å². The fourth-order valence-electron chi connectivity index (χ4n) is 4.34. The smallest absolute Gasteiger partial charge is 0.228 e. The Morgan fingerprint density at radius 3 is 2.64 bits per heavy atom. The van der Waals surface area contributed by atoms with Gasteiger partial charge in [-0.2, -0.15) is 5.10 Å². The Balaban J connectivity index is 1.81. The van der Waals surface area contributed by atoms with Gasteiger partial charge in [0.1, 0.15) is 17.9 Å². The molecule has 0 radical (unpaired) electrons. The van der Waals surface area contributed by atoms with Crippen molar-refractivity contribution in [3.63, 3.8) is 0 Å². The number of Topliss-reactive ketones (excluding diaryl/α,β-unsaturated/α-hetero) is 1. The van der Waals surface area contributed by atoms with Gasteiger partial charge in [0.05, 0.1) is 5.56 Å². The molecule has 1 aliphatic carbocycles. The number of hydrogen-bond acceptors (Lipinski definition) is 5. The number of rotatable bonds is 1. The first kappa shape index (κ1) is 17.1. The van der Waals surface area contributed by atoms with Crippen LogP contribution in [0, 0.1) is 19.3 Å². The summed E-state index contributed by atoms with van der Waals surface area (Å²) < 4.78 is 7.87. The lowest BCUT2D eigenvalue weighted by atomic mass is 9.70. The Morgan fingerprint density at radius 2 is 1.89 bits per heavy atom. The van der Waals surface area contributed by atoms with Gasteiger partial charge in [-0.3, -0.25) is 4.79 Å². The minimum atomic E-state index is -0.247. The van der Waals surface area contributed by atoms with E-state index in [-0.39, 0.29) is 17.1 Å². The van der Waals surface area contributed by atoms with Gasteiger partial charge in [-0.15, -0.1) is 0 Å². The lowest BCUT2D eigenvalue weighted by molar-refractivity contribution is -0.118. The molecule has 1 atom stereocenters. The summed E-state index contributed by atoms with van der Waals surface area (Å²) in [5.74, 6) is 1.82. The molecular formula is C22H22N4O2. The van der Waals surface area contributed by atoms with Gasteiger partial charge in [0, 0.05) is 24.3 Å². The summed E-state index contributed by atoms with van der Waals surface area (Å²) in [6.45, 7) is 8.12. The first-order valence-electron chi connectivity index (χ1n) is 9.55. The van der Waals surface area contributed by atoms with Gasteiger partial charge in [-0.05, 0) is 24.8 Å². The van der Waals surface area contributed by atoms with Gasteiger partial charge in [0.25, 0.3) is 0 Å². The molecule has 2 aliphatic rings. The third-order valence-electron chi connectivity index (χ3n) is 5.58. The van der Waals surface area contributed by atoms with Gasteiger partial charge in [0.15, 0.2) is 11.4 Å².